The lowest BCUT2D eigenvalue weighted by Crippen LogP contribution is -2.50. The largest absolute Gasteiger partial charge is 0.393 e. The highest BCUT2D eigenvalue weighted by Crippen LogP contribution is 2.37. The Kier molecular flexibility index (Phi) is 5.29. The molecule has 6 heteroatoms. The number of carbonyl (C=O) groups excluding carboxylic acids is 1. The van der Waals surface area contributed by atoms with Gasteiger partial charge in [-0.3, -0.25) is 4.79 Å². The third-order valence-corrected chi connectivity index (χ3v) is 4.44. The summed E-state index contributed by atoms with van der Waals surface area (Å²) in [7, 11) is 0. The van der Waals surface area contributed by atoms with Crippen molar-refractivity contribution in [2.45, 2.75) is 69.6 Å². The van der Waals surface area contributed by atoms with Gasteiger partial charge >= 0.3 is 6.18 Å². The molecule has 0 bridgehead atoms. The van der Waals surface area contributed by atoms with E-state index in [1.807, 2.05) is 0 Å². The zero-order chi connectivity index (χ0) is 14.6. The van der Waals surface area contributed by atoms with E-state index in [0.717, 1.165) is 32.1 Å². The number of nitrogens with one attached hydrogen (secondary N) is 2. The molecule has 116 valence electrons. The van der Waals surface area contributed by atoms with E-state index in [-0.39, 0.29) is 18.9 Å². The van der Waals surface area contributed by atoms with E-state index in [0.29, 0.717) is 18.9 Å². The monoisotopic (exact) mass is 292 g/mol. The van der Waals surface area contributed by atoms with Crippen molar-refractivity contribution in [2.75, 3.05) is 6.54 Å². The summed E-state index contributed by atoms with van der Waals surface area (Å²) in [4.78, 5) is 11.8. The fourth-order valence-electron chi connectivity index (χ4n) is 3.32. The Balaban J connectivity index is 1.78. The third-order valence-electron chi connectivity index (χ3n) is 4.44. The van der Waals surface area contributed by atoms with Gasteiger partial charge in [-0.05, 0) is 25.7 Å². The Labute approximate surface area is 117 Å². The SMILES string of the molecule is O=C(CNC1CCCC1)NC1CCCCC1C(F)(F)F. The summed E-state index contributed by atoms with van der Waals surface area (Å²) >= 11 is 0. The number of rotatable bonds is 4. The summed E-state index contributed by atoms with van der Waals surface area (Å²) in [6.45, 7) is 0.131. The molecule has 0 heterocycles. The molecule has 1 amide bonds. The molecule has 20 heavy (non-hydrogen) atoms. The molecule has 2 rings (SSSR count). The summed E-state index contributed by atoms with van der Waals surface area (Å²) in [6.07, 6.45) is 2.14. The minimum atomic E-state index is -4.21. The molecule has 2 unspecified atom stereocenters. The highest BCUT2D eigenvalue weighted by molar-refractivity contribution is 5.78. The molecular weight excluding hydrogens is 269 g/mol. The zero-order valence-corrected chi connectivity index (χ0v) is 11.6. The molecule has 2 saturated carbocycles. The van der Waals surface area contributed by atoms with Crippen LogP contribution < -0.4 is 10.6 Å². The van der Waals surface area contributed by atoms with Crippen LogP contribution in [0.1, 0.15) is 51.4 Å². The average molecular weight is 292 g/mol. The van der Waals surface area contributed by atoms with Gasteiger partial charge in [-0.15, -0.1) is 0 Å². The molecule has 0 aromatic carbocycles. The van der Waals surface area contributed by atoms with Gasteiger partial charge in [-0.2, -0.15) is 13.2 Å². The molecular formula is C14H23F3N2O. The van der Waals surface area contributed by atoms with E-state index >= 15 is 0 Å². The minimum absolute atomic E-state index is 0.129. The predicted octanol–water partition coefficient (Wildman–Crippen LogP) is 2.76. The van der Waals surface area contributed by atoms with Gasteiger partial charge in [0.2, 0.25) is 5.91 Å². The van der Waals surface area contributed by atoms with Gasteiger partial charge < -0.3 is 10.6 Å². The second-order valence-electron chi connectivity index (χ2n) is 5.97. The van der Waals surface area contributed by atoms with Crippen LogP contribution in [0.2, 0.25) is 0 Å². The van der Waals surface area contributed by atoms with Crippen LogP contribution in [0.25, 0.3) is 0 Å². The maximum atomic E-state index is 12.9. The number of halogens is 3. The molecule has 0 spiro atoms. The van der Waals surface area contributed by atoms with Crippen LogP contribution >= 0.6 is 0 Å². The summed E-state index contributed by atoms with van der Waals surface area (Å²) < 4.78 is 38.7. The Bertz CT molecular complexity index is 327. The van der Waals surface area contributed by atoms with Crippen molar-refractivity contribution in [1.82, 2.24) is 10.6 Å². The summed E-state index contributed by atoms with van der Waals surface area (Å²) in [6, 6.07) is -0.396. The topological polar surface area (TPSA) is 41.1 Å². The van der Waals surface area contributed by atoms with E-state index in [4.69, 9.17) is 0 Å². The maximum Gasteiger partial charge on any atom is 0.393 e. The average Bonchev–Trinajstić information content (AvgIpc) is 2.89. The maximum absolute atomic E-state index is 12.9. The number of amides is 1. The van der Waals surface area contributed by atoms with E-state index < -0.39 is 18.1 Å². The van der Waals surface area contributed by atoms with E-state index in [9.17, 15) is 18.0 Å². The number of hydrogen-bond acceptors (Lipinski definition) is 2. The Hall–Kier alpha value is -0.780. The van der Waals surface area contributed by atoms with Crippen molar-refractivity contribution in [2.24, 2.45) is 5.92 Å². The lowest BCUT2D eigenvalue weighted by molar-refractivity contribution is -0.189. The van der Waals surface area contributed by atoms with E-state index in [1.165, 1.54) is 0 Å². The van der Waals surface area contributed by atoms with Gasteiger partial charge in [0.25, 0.3) is 0 Å². The molecule has 2 aliphatic rings. The standard InChI is InChI=1S/C14H23F3N2O/c15-14(16,17)11-7-3-4-8-12(11)19-13(20)9-18-10-5-1-2-6-10/h10-12,18H,1-9H2,(H,19,20). The Morgan fingerprint density at radius 3 is 2.25 bits per heavy atom. The van der Waals surface area contributed by atoms with Crippen LogP contribution in [0.15, 0.2) is 0 Å². The van der Waals surface area contributed by atoms with Crippen LogP contribution in [-0.2, 0) is 4.79 Å². The zero-order valence-electron chi connectivity index (χ0n) is 11.6. The predicted molar refractivity (Wildman–Crippen MR) is 70.2 cm³/mol. The molecule has 3 nitrogen and oxygen atoms in total. The molecule has 2 fully saturated rings. The summed E-state index contributed by atoms with van der Waals surface area (Å²) in [5, 5.41) is 5.71. The number of carbonyl (C=O) groups is 1. The summed E-state index contributed by atoms with van der Waals surface area (Å²) in [5.74, 6) is -1.69. The smallest absolute Gasteiger partial charge is 0.352 e. The van der Waals surface area contributed by atoms with Crippen molar-refractivity contribution in [3.8, 4) is 0 Å². The van der Waals surface area contributed by atoms with Crippen LogP contribution in [0.4, 0.5) is 13.2 Å². The second kappa shape index (κ2) is 6.78. The van der Waals surface area contributed by atoms with Gasteiger partial charge in [0.1, 0.15) is 0 Å². The van der Waals surface area contributed by atoms with Gasteiger partial charge in [-0.1, -0.05) is 25.7 Å². The van der Waals surface area contributed by atoms with Crippen molar-refractivity contribution >= 4 is 5.91 Å². The highest BCUT2D eigenvalue weighted by atomic mass is 19.4. The van der Waals surface area contributed by atoms with Crippen molar-refractivity contribution in [3.63, 3.8) is 0 Å². The first-order chi connectivity index (χ1) is 9.47. The third kappa shape index (κ3) is 4.36. The lowest BCUT2D eigenvalue weighted by Gasteiger charge is -2.33. The second-order valence-corrected chi connectivity index (χ2v) is 5.97. The van der Waals surface area contributed by atoms with Gasteiger partial charge in [0.15, 0.2) is 0 Å². The molecule has 0 aromatic rings. The fourth-order valence-corrected chi connectivity index (χ4v) is 3.32. The fraction of sp³-hybridized carbons (Fsp3) is 0.929. The van der Waals surface area contributed by atoms with Crippen molar-refractivity contribution in [1.29, 1.82) is 0 Å². The Morgan fingerprint density at radius 1 is 1.00 bits per heavy atom. The lowest BCUT2D eigenvalue weighted by atomic mass is 9.84. The van der Waals surface area contributed by atoms with Crippen molar-refractivity contribution < 1.29 is 18.0 Å². The highest BCUT2D eigenvalue weighted by Gasteiger charge is 2.45. The molecule has 2 N–H and O–H groups in total. The molecule has 0 radical (unpaired) electrons. The summed E-state index contributed by atoms with van der Waals surface area (Å²) in [5.41, 5.74) is 0. The quantitative estimate of drug-likeness (QED) is 0.836. The first-order valence-corrected chi connectivity index (χ1v) is 7.56. The van der Waals surface area contributed by atoms with Gasteiger partial charge in [0, 0.05) is 12.1 Å². The first kappa shape index (κ1) is 15.6. The molecule has 2 aliphatic carbocycles. The van der Waals surface area contributed by atoms with E-state index in [1.54, 1.807) is 0 Å². The van der Waals surface area contributed by atoms with Gasteiger partial charge in [0.05, 0.1) is 12.5 Å². The first-order valence-electron chi connectivity index (χ1n) is 7.56. The van der Waals surface area contributed by atoms with Crippen LogP contribution in [-0.4, -0.2) is 30.7 Å². The normalized spacial score (nSPS) is 28.6. The number of alkyl halides is 3. The van der Waals surface area contributed by atoms with Crippen LogP contribution in [0, 0.1) is 5.92 Å². The molecule has 0 aliphatic heterocycles. The Morgan fingerprint density at radius 2 is 1.60 bits per heavy atom. The minimum Gasteiger partial charge on any atom is -0.352 e. The van der Waals surface area contributed by atoms with Gasteiger partial charge in [-0.25, -0.2) is 0 Å². The van der Waals surface area contributed by atoms with Crippen LogP contribution in [0.5, 0.6) is 0 Å². The number of hydrogen-bond donors (Lipinski definition) is 2. The van der Waals surface area contributed by atoms with E-state index in [2.05, 4.69) is 10.6 Å². The molecule has 0 aromatic heterocycles. The molecule has 2 atom stereocenters. The van der Waals surface area contributed by atoms with Crippen LogP contribution in [0.3, 0.4) is 0 Å². The van der Waals surface area contributed by atoms with Crippen molar-refractivity contribution in [3.05, 3.63) is 0 Å². The molecule has 0 saturated heterocycles.